The van der Waals surface area contributed by atoms with Gasteiger partial charge in [0.15, 0.2) is 0 Å². The van der Waals surface area contributed by atoms with Gasteiger partial charge in [-0.3, -0.25) is 34.3 Å². The first kappa shape index (κ1) is 25.4. The lowest BCUT2D eigenvalue weighted by atomic mass is 10.0. The maximum absolute atomic E-state index is 13.0. The number of halogens is 2. The molecule has 11 heteroatoms. The maximum Gasteiger partial charge on any atom is 0.262 e. The predicted molar refractivity (Wildman–Crippen MR) is 127 cm³/mol. The molecule has 0 saturated carbocycles. The minimum Gasteiger partial charge on any atom is -0.369 e. The number of piperidine rings is 1. The van der Waals surface area contributed by atoms with Gasteiger partial charge in [-0.2, -0.15) is 0 Å². The van der Waals surface area contributed by atoms with Crippen LogP contribution < -0.4 is 15.5 Å². The third-order valence-electron chi connectivity index (χ3n) is 6.84. The molecule has 2 atom stereocenters. The Morgan fingerprint density at radius 2 is 1.64 bits per heavy atom. The number of amides is 4. The van der Waals surface area contributed by atoms with Gasteiger partial charge in [0.2, 0.25) is 11.8 Å². The molecule has 4 heterocycles. The van der Waals surface area contributed by atoms with E-state index in [4.69, 9.17) is 0 Å². The molecular weight excluding hydrogens is 469 g/mol. The number of benzene rings is 1. The highest BCUT2D eigenvalue weighted by molar-refractivity contribution is 6.23. The summed E-state index contributed by atoms with van der Waals surface area (Å²) in [7, 11) is 0. The van der Waals surface area contributed by atoms with Gasteiger partial charge in [0.05, 0.1) is 11.1 Å². The average molecular weight is 498 g/mol. The molecule has 3 fully saturated rings. The molecule has 0 aromatic heterocycles. The van der Waals surface area contributed by atoms with E-state index < -0.39 is 23.8 Å². The fourth-order valence-corrected chi connectivity index (χ4v) is 5.08. The number of hydrogen-bond acceptors (Lipinski definition) is 7. The number of rotatable bonds is 4. The lowest BCUT2D eigenvalue weighted by molar-refractivity contribution is -0.136. The predicted octanol–water partition coefficient (Wildman–Crippen LogP) is 0.663. The molecule has 4 amide bonds. The van der Waals surface area contributed by atoms with Gasteiger partial charge in [0.1, 0.15) is 6.04 Å². The van der Waals surface area contributed by atoms with Gasteiger partial charge < -0.3 is 10.2 Å². The molecule has 3 saturated heterocycles. The van der Waals surface area contributed by atoms with Crippen molar-refractivity contribution in [2.75, 3.05) is 50.7 Å². The number of hydrogen-bond donors (Lipinski definition) is 2. The van der Waals surface area contributed by atoms with Crippen LogP contribution in [0, 0.1) is 5.92 Å². The topological polar surface area (TPSA) is 102 Å². The van der Waals surface area contributed by atoms with Crippen LogP contribution in [0.2, 0.25) is 0 Å². The van der Waals surface area contributed by atoms with Gasteiger partial charge in [-0.1, -0.05) is 0 Å². The SMILES string of the molecule is Cl.Cl.O=C1CCC(N2C(=O)c3ccc(N4CCN(CC5CCNC5)CC4)cc3C2=O)C(=O)N1. The van der Waals surface area contributed by atoms with Crippen molar-refractivity contribution in [2.45, 2.75) is 25.3 Å². The van der Waals surface area contributed by atoms with Crippen LogP contribution in [0.25, 0.3) is 0 Å². The zero-order valence-corrected chi connectivity index (χ0v) is 19.9. The number of fused-ring (bicyclic) bond motifs is 1. The summed E-state index contributed by atoms with van der Waals surface area (Å²) in [4.78, 5) is 55.3. The van der Waals surface area contributed by atoms with Crippen molar-refractivity contribution in [1.82, 2.24) is 20.4 Å². The fourth-order valence-electron chi connectivity index (χ4n) is 5.08. The van der Waals surface area contributed by atoms with E-state index in [9.17, 15) is 19.2 Å². The van der Waals surface area contributed by atoms with Crippen LogP contribution in [0.5, 0.6) is 0 Å². The smallest absolute Gasteiger partial charge is 0.262 e. The molecule has 1 aromatic carbocycles. The molecule has 0 bridgehead atoms. The Labute approximate surface area is 205 Å². The Morgan fingerprint density at radius 3 is 2.30 bits per heavy atom. The van der Waals surface area contributed by atoms with Crippen molar-refractivity contribution in [3.05, 3.63) is 29.3 Å². The van der Waals surface area contributed by atoms with Crippen molar-refractivity contribution in [3.8, 4) is 0 Å². The Morgan fingerprint density at radius 1 is 0.909 bits per heavy atom. The Bertz CT molecular complexity index is 945. The highest BCUT2D eigenvalue weighted by atomic mass is 35.5. The van der Waals surface area contributed by atoms with Gasteiger partial charge in [0, 0.05) is 44.8 Å². The van der Waals surface area contributed by atoms with E-state index in [-0.39, 0.29) is 43.6 Å². The zero-order chi connectivity index (χ0) is 21.5. The number of anilines is 1. The summed E-state index contributed by atoms with van der Waals surface area (Å²) in [5.74, 6) is -1.14. The summed E-state index contributed by atoms with van der Waals surface area (Å²) < 4.78 is 0. The van der Waals surface area contributed by atoms with E-state index in [0.29, 0.717) is 11.1 Å². The van der Waals surface area contributed by atoms with Gasteiger partial charge in [0.25, 0.3) is 11.8 Å². The molecule has 5 rings (SSSR count). The molecule has 180 valence electrons. The Balaban J connectivity index is 0.00000153. The van der Waals surface area contributed by atoms with E-state index in [0.717, 1.165) is 62.3 Å². The lowest BCUT2D eigenvalue weighted by Crippen LogP contribution is -2.54. The molecule has 0 aliphatic carbocycles. The average Bonchev–Trinajstić information content (AvgIpc) is 3.36. The number of nitrogens with zero attached hydrogens (tertiary/aromatic N) is 3. The van der Waals surface area contributed by atoms with Crippen molar-refractivity contribution in [1.29, 1.82) is 0 Å². The van der Waals surface area contributed by atoms with Crippen molar-refractivity contribution in [2.24, 2.45) is 5.92 Å². The van der Waals surface area contributed by atoms with Crippen LogP contribution in [0.4, 0.5) is 5.69 Å². The van der Waals surface area contributed by atoms with Gasteiger partial charge in [-0.05, 0) is 50.0 Å². The molecule has 0 spiro atoms. The first-order valence-corrected chi connectivity index (χ1v) is 11.0. The van der Waals surface area contributed by atoms with Crippen LogP contribution >= 0.6 is 24.8 Å². The first-order chi connectivity index (χ1) is 15.0. The number of carbonyl (C=O) groups excluding carboxylic acids is 4. The van der Waals surface area contributed by atoms with Crippen LogP contribution in [0.15, 0.2) is 18.2 Å². The summed E-state index contributed by atoms with van der Waals surface area (Å²) >= 11 is 0. The highest BCUT2D eigenvalue weighted by Gasteiger charge is 2.44. The summed E-state index contributed by atoms with van der Waals surface area (Å²) in [6.07, 6.45) is 1.53. The maximum atomic E-state index is 13.0. The molecule has 4 aliphatic rings. The minimum absolute atomic E-state index is 0. The molecular formula is C22H29Cl2N5O4. The van der Waals surface area contributed by atoms with Crippen LogP contribution in [-0.2, 0) is 9.59 Å². The van der Waals surface area contributed by atoms with Gasteiger partial charge >= 0.3 is 0 Å². The normalized spacial score (nSPS) is 25.5. The quantitative estimate of drug-likeness (QED) is 0.589. The molecule has 1 aromatic rings. The van der Waals surface area contributed by atoms with Crippen molar-refractivity contribution < 1.29 is 19.2 Å². The summed E-state index contributed by atoms with van der Waals surface area (Å²) in [6, 6.07) is 4.42. The second-order valence-electron chi connectivity index (χ2n) is 8.82. The lowest BCUT2D eigenvalue weighted by Gasteiger charge is -2.37. The first-order valence-electron chi connectivity index (χ1n) is 11.0. The monoisotopic (exact) mass is 497 g/mol. The Kier molecular flexibility index (Phi) is 8.00. The fraction of sp³-hybridized carbons (Fsp3) is 0.545. The third-order valence-corrected chi connectivity index (χ3v) is 6.84. The van der Waals surface area contributed by atoms with Crippen molar-refractivity contribution >= 4 is 54.1 Å². The van der Waals surface area contributed by atoms with E-state index in [1.807, 2.05) is 6.07 Å². The highest BCUT2D eigenvalue weighted by Crippen LogP contribution is 2.31. The number of nitrogens with one attached hydrogen (secondary N) is 2. The van der Waals surface area contributed by atoms with Crippen molar-refractivity contribution in [3.63, 3.8) is 0 Å². The standard InChI is InChI=1S/C22H27N5O4.2ClH/c28-19-4-3-18(20(29)24-19)27-21(30)16-2-1-15(11-17(16)22(27)31)26-9-7-25(8-10-26)13-14-5-6-23-12-14;;/h1-2,11,14,18,23H,3-10,12-13H2,(H,24,28,29);2*1H. The summed E-state index contributed by atoms with van der Waals surface area (Å²) in [5, 5.41) is 5.64. The largest absolute Gasteiger partial charge is 0.369 e. The van der Waals surface area contributed by atoms with E-state index >= 15 is 0 Å². The second kappa shape index (κ2) is 10.4. The molecule has 2 unspecified atom stereocenters. The van der Waals surface area contributed by atoms with Crippen LogP contribution in [0.1, 0.15) is 40.0 Å². The molecule has 33 heavy (non-hydrogen) atoms. The van der Waals surface area contributed by atoms with E-state index in [1.54, 1.807) is 12.1 Å². The molecule has 2 N–H and O–H groups in total. The number of piperazine rings is 1. The Hall–Kier alpha value is -2.20. The van der Waals surface area contributed by atoms with Crippen LogP contribution in [0.3, 0.4) is 0 Å². The molecule has 4 aliphatic heterocycles. The molecule has 9 nitrogen and oxygen atoms in total. The van der Waals surface area contributed by atoms with E-state index in [1.165, 1.54) is 6.42 Å². The number of imide groups is 2. The minimum atomic E-state index is -0.929. The van der Waals surface area contributed by atoms with Gasteiger partial charge in [-0.15, -0.1) is 24.8 Å². The third kappa shape index (κ3) is 4.87. The summed E-state index contributed by atoms with van der Waals surface area (Å²) in [6.45, 7) is 7.04. The number of carbonyl (C=O) groups is 4. The van der Waals surface area contributed by atoms with E-state index in [2.05, 4.69) is 20.4 Å². The van der Waals surface area contributed by atoms with Gasteiger partial charge in [-0.25, -0.2) is 0 Å². The zero-order valence-electron chi connectivity index (χ0n) is 18.2. The second-order valence-corrected chi connectivity index (χ2v) is 8.82. The summed E-state index contributed by atoms with van der Waals surface area (Å²) in [5.41, 5.74) is 1.59. The molecule has 0 radical (unpaired) electrons. The van der Waals surface area contributed by atoms with Crippen LogP contribution in [-0.4, -0.2) is 85.3 Å².